The fourth-order valence-electron chi connectivity index (χ4n) is 1.73. The Balaban J connectivity index is 2.50. The summed E-state index contributed by atoms with van der Waals surface area (Å²) in [5.74, 6) is -0.834. The van der Waals surface area contributed by atoms with Gasteiger partial charge in [0.2, 0.25) is 0 Å². The molecule has 3 heteroatoms. The smallest absolute Gasteiger partial charge is 0.306 e. The van der Waals surface area contributed by atoms with E-state index in [9.17, 15) is 9.90 Å². The highest BCUT2D eigenvalue weighted by Gasteiger charge is 2.30. The molecule has 3 nitrogen and oxygen atoms in total. The molecule has 0 aliphatic heterocycles. The zero-order chi connectivity index (χ0) is 8.43. The molecule has 0 aromatic heterocycles. The van der Waals surface area contributed by atoms with Gasteiger partial charge in [-0.3, -0.25) is 4.79 Å². The first-order valence-corrected chi connectivity index (χ1v) is 4.02. The van der Waals surface area contributed by atoms with Crippen molar-refractivity contribution in [1.82, 2.24) is 0 Å². The standard InChI is InChI=1S/C8H14O3/c1-5-4-6(9)2-3-7(5)8(10)11/h5-7,9H,2-4H2,1H3,(H,10,11)/t5-,6?,7+/m0/s1. The Morgan fingerprint density at radius 1 is 1.45 bits per heavy atom. The zero-order valence-electron chi connectivity index (χ0n) is 6.66. The number of hydrogen-bond acceptors (Lipinski definition) is 2. The van der Waals surface area contributed by atoms with Gasteiger partial charge in [-0.1, -0.05) is 6.92 Å². The van der Waals surface area contributed by atoms with Crippen molar-refractivity contribution >= 4 is 5.97 Å². The number of rotatable bonds is 1. The Morgan fingerprint density at radius 2 is 2.09 bits per heavy atom. The van der Waals surface area contributed by atoms with Crippen LogP contribution in [0.2, 0.25) is 0 Å². The Kier molecular flexibility index (Phi) is 2.49. The maximum Gasteiger partial charge on any atom is 0.306 e. The molecule has 0 amide bonds. The summed E-state index contributed by atoms with van der Waals surface area (Å²) < 4.78 is 0. The van der Waals surface area contributed by atoms with Gasteiger partial charge in [0.25, 0.3) is 0 Å². The van der Waals surface area contributed by atoms with E-state index in [-0.39, 0.29) is 17.9 Å². The van der Waals surface area contributed by atoms with Gasteiger partial charge >= 0.3 is 5.97 Å². The molecule has 1 fully saturated rings. The van der Waals surface area contributed by atoms with E-state index in [1.807, 2.05) is 6.92 Å². The highest BCUT2D eigenvalue weighted by atomic mass is 16.4. The lowest BCUT2D eigenvalue weighted by Crippen LogP contribution is -2.30. The van der Waals surface area contributed by atoms with Gasteiger partial charge in [0.1, 0.15) is 0 Å². The quantitative estimate of drug-likeness (QED) is 0.595. The van der Waals surface area contributed by atoms with E-state index in [0.29, 0.717) is 19.3 Å². The van der Waals surface area contributed by atoms with E-state index < -0.39 is 5.97 Å². The summed E-state index contributed by atoms with van der Waals surface area (Å²) in [6.45, 7) is 1.89. The van der Waals surface area contributed by atoms with Crippen LogP contribution in [0.1, 0.15) is 26.2 Å². The van der Waals surface area contributed by atoms with Crippen LogP contribution in [0.15, 0.2) is 0 Å². The van der Waals surface area contributed by atoms with Gasteiger partial charge in [0.05, 0.1) is 12.0 Å². The minimum atomic E-state index is -0.718. The molecular weight excluding hydrogens is 144 g/mol. The first-order valence-electron chi connectivity index (χ1n) is 4.02. The van der Waals surface area contributed by atoms with Crippen LogP contribution in [0.5, 0.6) is 0 Å². The van der Waals surface area contributed by atoms with Crippen molar-refractivity contribution in [2.24, 2.45) is 11.8 Å². The third kappa shape index (κ3) is 1.93. The van der Waals surface area contributed by atoms with E-state index >= 15 is 0 Å². The summed E-state index contributed by atoms with van der Waals surface area (Å²) in [7, 11) is 0. The summed E-state index contributed by atoms with van der Waals surface area (Å²) in [5.41, 5.74) is 0. The second kappa shape index (κ2) is 3.22. The van der Waals surface area contributed by atoms with Crippen molar-refractivity contribution in [3.63, 3.8) is 0 Å². The summed E-state index contributed by atoms with van der Waals surface area (Å²) in [6.07, 6.45) is 1.62. The third-order valence-electron chi connectivity index (χ3n) is 2.46. The van der Waals surface area contributed by atoms with Gasteiger partial charge in [-0.05, 0) is 25.2 Å². The number of aliphatic hydroxyl groups excluding tert-OH is 1. The van der Waals surface area contributed by atoms with Crippen molar-refractivity contribution in [1.29, 1.82) is 0 Å². The summed E-state index contributed by atoms with van der Waals surface area (Å²) in [6, 6.07) is 0. The molecule has 0 bridgehead atoms. The van der Waals surface area contributed by atoms with Gasteiger partial charge in [-0.25, -0.2) is 0 Å². The lowest BCUT2D eigenvalue weighted by atomic mass is 9.79. The van der Waals surface area contributed by atoms with E-state index in [1.165, 1.54) is 0 Å². The number of aliphatic carboxylic acids is 1. The van der Waals surface area contributed by atoms with E-state index in [2.05, 4.69) is 0 Å². The summed E-state index contributed by atoms with van der Waals surface area (Å²) >= 11 is 0. The Morgan fingerprint density at radius 3 is 2.55 bits per heavy atom. The van der Waals surface area contributed by atoms with Crippen molar-refractivity contribution in [2.45, 2.75) is 32.3 Å². The third-order valence-corrected chi connectivity index (χ3v) is 2.46. The predicted octanol–water partition coefficient (Wildman–Crippen LogP) is 0.868. The van der Waals surface area contributed by atoms with Crippen LogP contribution in [0.25, 0.3) is 0 Å². The first-order chi connectivity index (χ1) is 5.11. The molecule has 1 rings (SSSR count). The minimum absolute atomic E-state index is 0.122. The van der Waals surface area contributed by atoms with Crippen LogP contribution < -0.4 is 0 Å². The summed E-state index contributed by atoms with van der Waals surface area (Å²) in [5, 5.41) is 17.9. The Bertz CT molecular complexity index is 155. The second-order valence-corrected chi connectivity index (χ2v) is 3.39. The van der Waals surface area contributed by atoms with E-state index in [0.717, 1.165) is 0 Å². The highest BCUT2D eigenvalue weighted by Crippen LogP contribution is 2.29. The number of hydrogen-bond donors (Lipinski definition) is 2. The fraction of sp³-hybridized carbons (Fsp3) is 0.875. The maximum absolute atomic E-state index is 10.6. The second-order valence-electron chi connectivity index (χ2n) is 3.39. The van der Waals surface area contributed by atoms with Gasteiger partial charge in [0, 0.05) is 0 Å². The lowest BCUT2D eigenvalue weighted by Gasteiger charge is -2.28. The lowest BCUT2D eigenvalue weighted by molar-refractivity contribution is -0.145. The SMILES string of the molecule is C[C@H]1CC(O)CC[C@H]1C(=O)O. The number of carboxylic acids is 1. The highest BCUT2D eigenvalue weighted by molar-refractivity contribution is 5.70. The van der Waals surface area contributed by atoms with Crippen LogP contribution in [0, 0.1) is 11.8 Å². The van der Waals surface area contributed by atoms with Crippen molar-refractivity contribution < 1.29 is 15.0 Å². The molecular formula is C8H14O3. The van der Waals surface area contributed by atoms with Gasteiger partial charge in [-0.15, -0.1) is 0 Å². The molecule has 1 saturated carbocycles. The maximum atomic E-state index is 10.6. The molecule has 64 valence electrons. The molecule has 1 unspecified atom stereocenters. The van der Waals surface area contributed by atoms with Gasteiger partial charge in [-0.2, -0.15) is 0 Å². The van der Waals surface area contributed by atoms with Crippen LogP contribution in [0.3, 0.4) is 0 Å². The Labute approximate surface area is 66.0 Å². The van der Waals surface area contributed by atoms with Crippen LogP contribution in [0.4, 0.5) is 0 Å². The molecule has 0 heterocycles. The Hall–Kier alpha value is -0.570. The van der Waals surface area contributed by atoms with Crippen molar-refractivity contribution in [3.8, 4) is 0 Å². The van der Waals surface area contributed by atoms with Gasteiger partial charge < -0.3 is 10.2 Å². The van der Waals surface area contributed by atoms with Crippen LogP contribution in [-0.4, -0.2) is 22.3 Å². The molecule has 0 aromatic carbocycles. The van der Waals surface area contributed by atoms with Crippen molar-refractivity contribution in [2.75, 3.05) is 0 Å². The van der Waals surface area contributed by atoms with Crippen LogP contribution >= 0.6 is 0 Å². The molecule has 2 N–H and O–H groups in total. The molecule has 3 atom stereocenters. The molecule has 0 radical (unpaired) electrons. The largest absolute Gasteiger partial charge is 0.481 e. The molecule has 1 aliphatic rings. The normalized spacial score (nSPS) is 38.5. The first kappa shape index (κ1) is 8.53. The average molecular weight is 158 g/mol. The molecule has 11 heavy (non-hydrogen) atoms. The monoisotopic (exact) mass is 158 g/mol. The van der Waals surface area contributed by atoms with E-state index in [4.69, 9.17) is 5.11 Å². The number of carbonyl (C=O) groups is 1. The zero-order valence-corrected chi connectivity index (χ0v) is 6.66. The molecule has 0 spiro atoms. The fourth-order valence-corrected chi connectivity index (χ4v) is 1.73. The van der Waals surface area contributed by atoms with Crippen molar-refractivity contribution in [3.05, 3.63) is 0 Å². The number of carboxylic acid groups (broad SMARTS) is 1. The van der Waals surface area contributed by atoms with Crippen LogP contribution in [-0.2, 0) is 4.79 Å². The molecule has 0 aromatic rings. The summed E-state index contributed by atoms with van der Waals surface area (Å²) in [4.78, 5) is 10.6. The number of aliphatic hydroxyl groups is 1. The average Bonchev–Trinajstić information content (AvgIpc) is 1.85. The molecule has 1 aliphatic carbocycles. The molecule has 0 saturated heterocycles. The topological polar surface area (TPSA) is 57.5 Å². The predicted molar refractivity (Wildman–Crippen MR) is 40.1 cm³/mol. The van der Waals surface area contributed by atoms with Gasteiger partial charge in [0.15, 0.2) is 0 Å². The van der Waals surface area contributed by atoms with E-state index in [1.54, 1.807) is 0 Å². The minimum Gasteiger partial charge on any atom is -0.481 e.